The standard InChI is InChI=1S/C21H27F2N5O2S/c22-18-5-6-19(23)17(15-18)16-31(29,30)28-13-11-27(12-14-28)21-8-7-20(24-25-21)26-9-3-1-2-4-10-26/h5-8,15H,1-4,9-14,16H2. The van der Waals surface area contributed by atoms with Crippen LogP contribution >= 0.6 is 0 Å². The van der Waals surface area contributed by atoms with Crippen molar-refractivity contribution in [2.45, 2.75) is 31.4 Å². The second-order valence-corrected chi connectivity index (χ2v) is 10.00. The van der Waals surface area contributed by atoms with E-state index in [-0.39, 0.29) is 18.7 Å². The highest BCUT2D eigenvalue weighted by Gasteiger charge is 2.29. The van der Waals surface area contributed by atoms with E-state index in [1.165, 1.54) is 30.0 Å². The summed E-state index contributed by atoms with van der Waals surface area (Å²) in [6.07, 6.45) is 4.83. The average Bonchev–Trinajstić information content (AvgIpc) is 3.06. The van der Waals surface area contributed by atoms with E-state index in [0.717, 1.165) is 37.1 Å². The molecule has 0 saturated carbocycles. The van der Waals surface area contributed by atoms with Crippen molar-refractivity contribution in [3.8, 4) is 0 Å². The first kappa shape index (κ1) is 21.9. The lowest BCUT2D eigenvalue weighted by Gasteiger charge is -2.34. The van der Waals surface area contributed by atoms with Gasteiger partial charge in [-0.25, -0.2) is 17.2 Å². The third-order valence-corrected chi connectivity index (χ3v) is 7.70. The van der Waals surface area contributed by atoms with Crippen LogP contribution in [0.4, 0.5) is 20.4 Å². The number of piperazine rings is 1. The molecule has 0 N–H and O–H groups in total. The molecular formula is C21H27F2N5O2S. The molecule has 0 amide bonds. The maximum atomic E-state index is 13.9. The first-order chi connectivity index (χ1) is 14.9. The zero-order valence-electron chi connectivity index (χ0n) is 17.4. The largest absolute Gasteiger partial charge is 0.355 e. The monoisotopic (exact) mass is 451 g/mol. The fraction of sp³-hybridized carbons (Fsp3) is 0.524. The van der Waals surface area contributed by atoms with Crippen LogP contribution in [0, 0.1) is 11.6 Å². The van der Waals surface area contributed by atoms with E-state index < -0.39 is 27.4 Å². The second-order valence-electron chi connectivity index (χ2n) is 8.03. The maximum Gasteiger partial charge on any atom is 0.218 e. The highest BCUT2D eigenvalue weighted by Crippen LogP contribution is 2.21. The van der Waals surface area contributed by atoms with Gasteiger partial charge in [0.05, 0.1) is 5.75 Å². The van der Waals surface area contributed by atoms with E-state index in [0.29, 0.717) is 18.9 Å². The van der Waals surface area contributed by atoms with Crippen LogP contribution in [0.5, 0.6) is 0 Å². The van der Waals surface area contributed by atoms with Gasteiger partial charge in [0.2, 0.25) is 10.0 Å². The molecule has 0 spiro atoms. The SMILES string of the molecule is O=S(=O)(Cc1cc(F)ccc1F)N1CCN(c2ccc(N3CCCCCC3)nn2)CC1. The number of anilines is 2. The Morgan fingerprint density at radius 1 is 0.774 bits per heavy atom. The van der Waals surface area contributed by atoms with Crippen LogP contribution in [-0.2, 0) is 15.8 Å². The molecule has 0 atom stereocenters. The van der Waals surface area contributed by atoms with Crippen molar-refractivity contribution < 1.29 is 17.2 Å². The van der Waals surface area contributed by atoms with Crippen molar-refractivity contribution in [3.63, 3.8) is 0 Å². The van der Waals surface area contributed by atoms with Gasteiger partial charge in [0.15, 0.2) is 11.6 Å². The van der Waals surface area contributed by atoms with Crippen LogP contribution in [0.3, 0.4) is 0 Å². The van der Waals surface area contributed by atoms with E-state index in [2.05, 4.69) is 15.1 Å². The topological polar surface area (TPSA) is 69.6 Å². The Morgan fingerprint density at radius 3 is 1.94 bits per heavy atom. The van der Waals surface area contributed by atoms with Gasteiger partial charge in [0.1, 0.15) is 11.6 Å². The number of nitrogens with zero attached hydrogens (tertiary/aromatic N) is 5. The number of aromatic nitrogens is 2. The first-order valence-corrected chi connectivity index (χ1v) is 12.3. The van der Waals surface area contributed by atoms with Gasteiger partial charge in [-0.2, -0.15) is 4.31 Å². The quantitative estimate of drug-likeness (QED) is 0.696. The van der Waals surface area contributed by atoms with Crippen LogP contribution in [-0.4, -0.2) is 62.2 Å². The molecule has 0 unspecified atom stereocenters. The smallest absolute Gasteiger partial charge is 0.218 e. The summed E-state index contributed by atoms with van der Waals surface area (Å²) in [5.41, 5.74) is -0.155. The number of hydrogen-bond donors (Lipinski definition) is 0. The molecule has 31 heavy (non-hydrogen) atoms. The summed E-state index contributed by atoms with van der Waals surface area (Å²) in [7, 11) is -3.75. The lowest BCUT2D eigenvalue weighted by molar-refractivity contribution is 0.382. The summed E-state index contributed by atoms with van der Waals surface area (Å²) in [4.78, 5) is 4.26. The summed E-state index contributed by atoms with van der Waals surface area (Å²) in [6.45, 7) is 3.43. The molecule has 0 bridgehead atoms. The van der Waals surface area contributed by atoms with E-state index in [1.807, 2.05) is 17.0 Å². The molecule has 1 aromatic heterocycles. The van der Waals surface area contributed by atoms with Gasteiger partial charge in [-0.05, 0) is 43.2 Å². The number of halogens is 2. The van der Waals surface area contributed by atoms with Gasteiger partial charge in [0, 0.05) is 44.8 Å². The minimum atomic E-state index is -3.75. The molecular weight excluding hydrogens is 424 g/mol. The molecule has 0 aliphatic carbocycles. The Kier molecular flexibility index (Phi) is 6.66. The molecule has 0 radical (unpaired) electrons. The van der Waals surface area contributed by atoms with E-state index >= 15 is 0 Å². The van der Waals surface area contributed by atoms with Crippen LogP contribution in [0.15, 0.2) is 30.3 Å². The molecule has 4 rings (SSSR count). The van der Waals surface area contributed by atoms with Crippen molar-refractivity contribution in [3.05, 3.63) is 47.5 Å². The summed E-state index contributed by atoms with van der Waals surface area (Å²) in [6, 6.07) is 6.77. The van der Waals surface area contributed by atoms with Gasteiger partial charge >= 0.3 is 0 Å². The lowest BCUT2D eigenvalue weighted by atomic mass is 10.2. The van der Waals surface area contributed by atoms with Gasteiger partial charge in [-0.3, -0.25) is 0 Å². The molecule has 2 fully saturated rings. The Bertz CT molecular complexity index is 987. The third kappa shape index (κ3) is 5.30. The van der Waals surface area contributed by atoms with E-state index in [9.17, 15) is 17.2 Å². The van der Waals surface area contributed by atoms with Crippen molar-refractivity contribution in [2.24, 2.45) is 0 Å². The van der Waals surface area contributed by atoms with Gasteiger partial charge < -0.3 is 9.80 Å². The molecule has 7 nitrogen and oxygen atoms in total. The molecule has 168 valence electrons. The highest BCUT2D eigenvalue weighted by atomic mass is 32.2. The van der Waals surface area contributed by atoms with Crippen LogP contribution in [0.2, 0.25) is 0 Å². The Hall–Kier alpha value is -2.33. The lowest BCUT2D eigenvalue weighted by Crippen LogP contribution is -2.49. The summed E-state index contributed by atoms with van der Waals surface area (Å²) < 4.78 is 54.0. The van der Waals surface area contributed by atoms with Gasteiger partial charge in [0.25, 0.3) is 0 Å². The molecule has 2 saturated heterocycles. The molecule has 10 heteroatoms. The summed E-state index contributed by atoms with van der Waals surface area (Å²) >= 11 is 0. The van der Waals surface area contributed by atoms with Crippen LogP contribution < -0.4 is 9.80 Å². The Morgan fingerprint density at radius 2 is 1.35 bits per heavy atom. The first-order valence-electron chi connectivity index (χ1n) is 10.7. The van der Waals surface area contributed by atoms with Crippen molar-refractivity contribution in [1.29, 1.82) is 0 Å². The Balaban J connectivity index is 1.36. The average molecular weight is 452 g/mol. The van der Waals surface area contributed by atoms with Crippen molar-refractivity contribution >= 4 is 21.7 Å². The van der Waals surface area contributed by atoms with Crippen molar-refractivity contribution in [2.75, 3.05) is 49.1 Å². The third-order valence-electron chi connectivity index (χ3n) is 5.87. The number of benzene rings is 1. The zero-order valence-corrected chi connectivity index (χ0v) is 18.2. The summed E-state index contributed by atoms with van der Waals surface area (Å²) in [5, 5.41) is 8.75. The molecule has 2 aromatic rings. The summed E-state index contributed by atoms with van der Waals surface area (Å²) in [5.74, 6) is -0.334. The maximum absolute atomic E-state index is 13.9. The minimum Gasteiger partial charge on any atom is -0.355 e. The van der Waals surface area contributed by atoms with Gasteiger partial charge in [-0.15, -0.1) is 10.2 Å². The zero-order chi connectivity index (χ0) is 21.8. The number of sulfonamides is 1. The molecule has 2 aliphatic rings. The predicted molar refractivity (Wildman–Crippen MR) is 115 cm³/mol. The molecule has 1 aromatic carbocycles. The van der Waals surface area contributed by atoms with E-state index in [1.54, 1.807) is 0 Å². The molecule has 3 heterocycles. The van der Waals surface area contributed by atoms with Gasteiger partial charge in [-0.1, -0.05) is 12.8 Å². The van der Waals surface area contributed by atoms with Crippen LogP contribution in [0.25, 0.3) is 0 Å². The second kappa shape index (κ2) is 9.44. The highest BCUT2D eigenvalue weighted by molar-refractivity contribution is 7.88. The van der Waals surface area contributed by atoms with Crippen molar-refractivity contribution in [1.82, 2.24) is 14.5 Å². The Labute approximate surface area is 181 Å². The fourth-order valence-electron chi connectivity index (χ4n) is 4.09. The number of rotatable bonds is 5. The minimum absolute atomic E-state index is 0.155. The molecule has 2 aliphatic heterocycles. The normalized spacial score (nSPS) is 18.8. The number of hydrogen-bond acceptors (Lipinski definition) is 6. The van der Waals surface area contributed by atoms with E-state index in [4.69, 9.17) is 0 Å². The van der Waals surface area contributed by atoms with Crippen LogP contribution in [0.1, 0.15) is 31.2 Å². The fourth-order valence-corrected chi connectivity index (χ4v) is 5.61. The predicted octanol–water partition coefficient (Wildman–Crippen LogP) is 2.79.